The Morgan fingerprint density at radius 3 is 2.52 bits per heavy atom. The van der Waals surface area contributed by atoms with Crippen LogP contribution in [-0.4, -0.2) is 22.8 Å². The number of nitrogens with zero attached hydrogens (tertiary/aromatic N) is 2. The second-order valence-electron chi connectivity index (χ2n) is 6.28. The zero-order chi connectivity index (χ0) is 20.8. The predicted molar refractivity (Wildman–Crippen MR) is 115 cm³/mol. The molecule has 29 heavy (non-hydrogen) atoms. The molecule has 1 N–H and O–H groups in total. The van der Waals surface area contributed by atoms with Crippen molar-refractivity contribution in [3.63, 3.8) is 0 Å². The van der Waals surface area contributed by atoms with Gasteiger partial charge in [0.15, 0.2) is 0 Å². The number of nitrogens with one attached hydrogen (secondary N) is 1. The summed E-state index contributed by atoms with van der Waals surface area (Å²) in [6, 6.07) is 15.3. The highest BCUT2D eigenvalue weighted by atomic mass is 35.5. The summed E-state index contributed by atoms with van der Waals surface area (Å²) in [6.45, 7) is 0.320. The molecule has 0 aliphatic rings. The van der Waals surface area contributed by atoms with E-state index in [1.54, 1.807) is 36.4 Å². The van der Waals surface area contributed by atoms with Crippen molar-refractivity contribution in [1.82, 2.24) is 9.78 Å². The van der Waals surface area contributed by atoms with E-state index in [2.05, 4.69) is 10.4 Å². The van der Waals surface area contributed by atoms with Gasteiger partial charge in [-0.15, -0.1) is 0 Å². The van der Waals surface area contributed by atoms with Gasteiger partial charge in [0.25, 0.3) is 5.56 Å². The molecule has 150 valence electrons. The van der Waals surface area contributed by atoms with E-state index in [1.165, 1.54) is 17.9 Å². The predicted octanol–water partition coefficient (Wildman–Crippen LogP) is 4.64. The van der Waals surface area contributed by atoms with Gasteiger partial charge in [-0.3, -0.25) is 9.59 Å². The molecule has 3 aromatic rings. The number of rotatable bonds is 7. The van der Waals surface area contributed by atoms with Crippen LogP contribution in [0.5, 0.6) is 5.75 Å². The number of aromatic nitrogens is 2. The Balaban J connectivity index is 1.62. The zero-order valence-corrected chi connectivity index (χ0v) is 17.2. The highest BCUT2D eigenvalue weighted by molar-refractivity contribution is 6.31. The fraction of sp³-hybridized carbons (Fsp3) is 0.190. The van der Waals surface area contributed by atoms with Crippen LogP contribution in [-0.2, 0) is 11.3 Å². The molecule has 0 aliphatic heterocycles. The first kappa shape index (κ1) is 20.9. The SMILES string of the molecule is COc1ccc(Cl)cc1NC(=O)CCCn1nc(-c2ccc(Cl)cc2)ccc1=O. The standard InChI is InChI=1S/C21H19Cl2N3O3/c1-29-19-10-8-16(23)13-18(19)24-20(27)3-2-12-26-21(28)11-9-17(25-26)14-4-6-15(22)7-5-14/h4-11,13H,2-3,12H2,1H3,(H,24,27). The average Bonchev–Trinajstić information content (AvgIpc) is 2.70. The smallest absolute Gasteiger partial charge is 0.266 e. The fourth-order valence-electron chi connectivity index (χ4n) is 2.76. The van der Waals surface area contributed by atoms with Crippen molar-refractivity contribution in [3.05, 3.63) is 75.0 Å². The third-order valence-electron chi connectivity index (χ3n) is 4.22. The lowest BCUT2D eigenvalue weighted by atomic mass is 10.1. The molecule has 0 fully saturated rings. The van der Waals surface area contributed by atoms with Crippen molar-refractivity contribution in [3.8, 4) is 17.0 Å². The number of halogens is 2. The molecule has 0 aliphatic carbocycles. The number of amides is 1. The van der Waals surface area contributed by atoms with E-state index in [1.807, 2.05) is 12.1 Å². The molecule has 8 heteroatoms. The maximum atomic E-state index is 12.3. The van der Waals surface area contributed by atoms with Gasteiger partial charge in [-0.1, -0.05) is 35.3 Å². The van der Waals surface area contributed by atoms with Gasteiger partial charge in [-0.2, -0.15) is 5.10 Å². The average molecular weight is 432 g/mol. The van der Waals surface area contributed by atoms with Crippen LogP contribution < -0.4 is 15.6 Å². The van der Waals surface area contributed by atoms with Crippen molar-refractivity contribution in [1.29, 1.82) is 0 Å². The third-order valence-corrected chi connectivity index (χ3v) is 4.70. The first-order valence-electron chi connectivity index (χ1n) is 8.94. The Hall–Kier alpha value is -2.83. The molecule has 0 spiro atoms. The van der Waals surface area contributed by atoms with Crippen molar-refractivity contribution in [2.24, 2.45) is 0 Å². The fourth-order valence-corrected chi connectivity index (χ4v) is 3.06. The van der Waals surface area contributed by atoms with Crippen molar-refractivity contribution in [2.45, 2.75) is 19.4 Å². The molecule has 0 bridgehead atoms. The molecule has 1 heterocycles. The minimum Gasteiger partial charge on any atom is -0.495 e. The maximum absolute atomic E-state index is 12.3. The molecule has 2 aromatic carbocycles. The van der Waals surface area contributed by atoms with E-state index in [4.69, 9.17) is 27.9 Å². The van der Waals surface area contributed by atoms with Crippen LogP contribution in [0.2, 0.25) is 10.0 Å². The highest BCUT2D eigenvalue weighted by Gasteiger charge is 2.09. The Kier molecular flexibility index (Phi) is 6.90. The monoisotopic (exact) mass is 431 g/mol. The number of hydrogen-bond donors (Lipinski definition) is 1. The summed E-state index contributed by atoms with van der Waals surface area (Å²) < 4.78 is 6.57. The third kappa shape index (κ3) is 5.59. The number of ether oxygens (including phenoxy) is 1. The Morgan fingerprint density at radius 2 is 1.79 bits per heavy atom. The molecule has 0 unspecified atom stereocenters. The van der Waals surface area contributed by atoms with Crippen molar-refractivity contribution >= 4 is 34.8 Å². The van der Waals surface area contributed by atoms with Crippen LogP contribution in [0, 0.1) is 0 Å². The Bertz CT molecular complexity index is 1070. The number of carbonyl (C=O) groups is 1. The van der Waals surface area contributed by atoms with Crippen LogP contribution in [0.15, 0.2) is 59.4 Å². The number of anilines is 1. The first-order valence-corrected chi connectivity index (χ1v) is 9.69. The van der Waals surface area contributed by atoms with Crippen molar-refractivity contribution < 1.29 is 9.53 Å². The summed E-state index contributed by atoms with van der Waals surface area (Å²) >= 11 is 11.9. The number of carbonyl (C=O) groups excluding carboxylic acids is 1. The summed E-state index contributed by atoms with van der Waals surface area (Å²) in [5.41, 5.74) is 1.80. The van der Waals surface area contributed by atoms with Gasteiger partial charge < -0.3 is 10.1 Å². The van der Waals surface area contributed by atoms with Gasteiger partial charge >= 0.3 is 0 Å². The molecule has 1 amide bonds. The van der Waals surface area contributed by atoms with E-state index in [0.717, 1.165) is 5.56 Å². The van der Waals surface area contributed by atoms with E-state index in [0.29, 0.717) is 40.1 Å². The van der Waals surface area contributed by atoms with E-state index >= 15 is 0 Å². The number of methoxy groups -OCH3 is 1. The van der Waals surface area contributed by atoms with E-state index in [9.17, 15) is 9.59 Å². The Morgan fingerprint density at radius 1 is 1.07 bits per heavy atom. The second-order valence-corrected chi connectivity index (χ2v) is 7.16. The number of hydrogen-bond acceptors (Lipinski definition) is 4. The molecule has 0 radical (unpaired) electrons. The molecular weight excluding hydrogens is 413 g/mol. The van der Waals surface area contributed by atoms with Crippen molar-refractivity contribution in [2.75, 3.05) is 12.4 Å². The highest BCUT2D eigenvalue weighted by Crippen LogP contribution is 2.27. The largest absolute Gasteiger partial charge is 0.495 e. The van der Waals surface area contributed by atoms with Crippen LogP contribution in [0.1, 0.15) is 12.8 Å². The zero-order valence-electron chi connectivity index (χ0n) is 15.7. The van der Waals surface area contributed by atoms with Crippen LogP contribution in [0.25, 0.3) is 11.3 Å². The topological polar surface area (TPSA) is 73.2 Å². The lowest BCUT2D eigenvalue weighted by Crippen LogP contribution is -2.23. The van der Waals surface area contributed by atoms with Gasteiger partial charge in [-0.05, 0) is 42.8 Å². The second kappa shape index (κ2) is 9.58. The molecule has 6 nitrogen and oxygen atoms in total. The van der Waals surface area contributed by atoms with E-state index < -0.39 is 0 Å². The maximum Gasteiger partial charge on any atom is 0.266 e. The summed E-state index contributed by atoms with van der Waals surface area (Å²) in [5, 5.41) is 8.29. The lowest BCUT2D eigenvalue weighted by molar-refractivity contribution is -0.116. The van der Waals surface area contributed by atoms with Gasteiger partial charge in [0.2, 0.25) is 5.91 Å². The molecule has 3 rings (SSSR count). The summed E-state index contributed by atoms with van der Waals surface area (Å²) in [4.78, 5) is 24.3. The van der Waals surface area contributed by atoms with Gasteiger partial charge in [0.05, 0.1) is 18.5 Å². The summed E-state index contributed by atoms with van der Waals surface area (Å²) in [5.74, 6) is 0.323. The van der Waals surface area contributed by atoms with E-state index in [-0.39, 0.29) is 17.9 Å². The molecule has 0 saturated heterocycles. The Labute approximate surface area is 178 Å². The normalized spacial score (nSPS) is 10.6. The number of benzene rings is 2. The van der Waals surface area contributed by atoms with Gasteiger partial charge in [0, 0.05) is 34.6 Å². The molecule has 0 atom stereocenters. The summed E-state index contributed by atoms with van der Waals surface area (Å²) in [6.07, 6.45) is 0.667. The minimum absolute atomic E-state index is 0.201. The number of aryl methyl sites for hydroxylation is 1. The van der Waals surface area contributed by atoms with Gasteiger partial charge in [-0.25, -0.2) is 4.68 Å². The molecular formula is C21H19Cl2N3O3. The van der Waals surface area contributed by atoms with Crippen LogP contribution in [0.3, 0.4) is 0 Å². The quantitative estimate of drug-likeness (QED) is 0.590. The van der Waals surface area contributed by atoms with Crippen LogP contribution in [0.4, 0.5) is 5.69 Å². The molecule has 1 aromatic heterocycles. The minimum atomic E-state index is -0.223. The van der Waals surface area contributed by atoms with Gasteiger partial charge in [0.1, 0.15) is 5.75 Å². The summed E-state index contributed by atoms with van der Waals surface area (Å²) in [7, 11) is 1.52. The lowest BCUT2D eigenvalue weighted by Gasteiger charge is -2.11. The van der Waals surface area contributed by atoms with Crippen LogP contribution >= 0.6 is 23.2 Å². The first-order chi connectivity index (χ1) is 14.0. The molecule has 0 saturated carbocycles.